The maximum Gasteiger partial charge on any atom is 0.217 e. The van der Waals surface area contributed by atoms with E-state index in [2.05, 4.69) is 0 Å². The summed E-state index contributed by atoms with van der Waals surface area (Å²) in [6.07, 6.45) is 0.160. The van der Waals surface area contributed by atoms with E-state index in [1.807, 2.05) is 53.5 Å². The van der Waals surface area contributed by atoms with Gasteiger partial charge in [0, 0.05) is 28.1 Å². The normalized spacial score (nSPS) is 18.7. The maximum absolute atomic E-state index is 6.47. The van der Waals surface area contributed by atoms with Gasteiger partial charge in [-0.25, -0.2) is 5.01 Å². The van der Waals surface area contributed by atoms with Crippen LogP contribution in [0.2, 0.25) is 10.0 Å². The lowest BCUT2D eigenvalue weighted by atomic mass is 9.95. The first-order valence-corrected chi connectivity index (χ1v) is 11.2. The van der Waals surface area contributed by atoms with Crippen molar-refractivity contribution in [2.24, 2.45) is 5.10 Å². The highest BCUT2D eigenvalue weighted by atomic mass is 35.5. The summed E-state index contributed by atoms with van der Waals surface area (Å²) >= 11 is 12.4. The monoisotopic (exact) mass is 484 g/mol. The third-order valence-electron chi connectivity index (χ3n) is 5.93. The van der Waals surface area contributed by atoms with Gasteiger partial charge in [-0.15, -0.1) is 0 Å². The van der Waals surface area contributed by atoms with Crippen LogP contribution in [-0.2, 0) is 0 Å². The molecule has 170 valence electrons. The minimum Gasteiger partial charge on any atom is -0.496 e. The minimum atomic E-state index is -0.539. The molecule has 5 rings (SSSR count). The zero-order valence-electron chi connectivity index (χ0n) is 18.3. The Morgan fingerprint density at radius 2 is 1.48 bits per heavy atom. The Hall–Kier alpha value is -3.09. The molecule has 2 aliphatic rings. The molecule has 0 bridgehead atoms. The van der Waals surface area contributed by atoms with Crippen LogP contribution in [0.1, 0.15) is 35.4 Å². The molecular formula is C25H22Cl2N2O4. The van der Waals surface area contributed by atoms with Crippen LogP contribution in [0, 0.1) is 0 Å². The van der Waals surface area contributed by atoms with E-state index in [1.165, 1.54) is 0 Å². The first-order valence-electron chi connectivity index (χ1n) is 10.4. The van der Waals surface area contributed by atoms with Crippen molar-refractivity contribution in [3.8, 4) is 23.0 Å². The molecule has 3 aromatic rings. The fourth-order valence-electron chi connectivity index (χ4n) is 4.33. The molecule has 0 aromatic heterocycles. The van der Waals surface area contributed by atoms with Crippen LogP contribution in [-0.4, -0.2) is 32.0 Å². The van der Waals surface area contributed by atoms with Crippen molar-refractivity contribution >= 4 is 28.9 Å². The quantitative estimate of drug-likeness (QED) is 0.427. The molecule has 2 aliphatic heterocycles. The van der Waals surface area contributed by atoms with Crippen molar-refractivity contribution in [3.05, 3.63) is 81.3 Å². The summed E-state index contributed by atoms with van der Waals surface area (Å²) in [5, 5.41) is 8.28. The average molecular weight is 485 g/mol. The molecule has 8 heteroatoms. The van der Waals surface area contributed by atoms with Crippen LogP contribution < -0.4 is 18.9 Å². The van der Waals surface area contributed by atoms with Gasteiger partial charge in [0.05, 0.1) is 38.6 Å². The van der Waals surface area contributed by atoms with Gasteiger partial charge in [0.15, 0.2) is 11.5 Å². The number of rotatable bonds is 5. The van der Waals surface area contributed by atoms with Gasteiger partial charge < -0.3 is 18.9 Å². The van der Waals surface area contributed by atoms with Crippen LogP contribution in [0.5, 0.6) is 23.0 Å². The number of fused-ring (bicyclic) bond motifs is 3. The van der Waals surface area contributed by atoms with E-state index in [1.54, 1.807) is 27.4 Å². The second kappa shape index (κ2) is 8.69. The number of halogens is 2. The molecule has 2 heterocycles. The molecule has 33 heavy (non-hydrogen) atoms. The lowest BCUT2D eigenvalue weighted by molar-refractivity contribution is -0.0204. The smallest absolute Gasteiger partial charge is 0.217 e. The zero-order chi connectivity index (χ0) is 23.1. The summed E-state index contributed by atoms with van der Waals surface area (Å²) in [4.78, 5) is 0. The van der Waals surface area contributed by atoms with Crippen LogP contribution in [0.15, 0.2) is 59.7 Å². The number of hydrogen-bond acceptors (Lipinski definition) is 6. The van der Waals surface area contributed by atoms with E-state index in [-0.39, 0.29) is 6.04 Å². The molecule has 2 atom stereocenters. The molecule has 0 unspecified atom stereocenters. The fourth-order valence-corrected chi connectivity index (χ4v) is 4.63. The van der Waals surface area contributed by atoms with Crippen LogP contribution in [0.25, 0.3) is 0 Å². The van der Waals surface area contributed by atoms with E-state index in [9.17, 15) is 0 Å². The van der Waals surface area contributed by atoms with Gasteiger partial charge in [-0.05, 0) is 42.0 Å². The van der Waals surface area contributed by atoms with Gasteiger partial charge in [-0.1, -0.05) is 35.3 Å². The minimum absolute atomic E-state index is 0.0547. The molecule has 0 N–H and O–H groups in total. The molecule has 3 aromatic carbocycles. The Morgan fingerprint density at radius 1 is 0.818 bits per heavy atom. The third kappa shape index (κ3) is 3.83. The Kier molecular flexibility index (Phi) is 5.72. The highest BCUT2D eigenvalue weighted by molar-refractivity contribution is 6.31. The van der Waals surface area contributed by atoms with Crippen molar-refractivity contribution in [2.75, 3.05) is 21.3 Å². The van der Waals surface area contributed by atoms with E-state index in [0.717, 1.165) is 28.2 Å². The Bertz CT molecular complexity index is 1230. The molecule has 0 fully saturated rings. The van der Waals surface area contributed by atoms with Crippen molar-refractivity contribution in [1.82, 2.24) is 5.01 Å². The standard InChI is InChI=1S/C25H22Cl2N2O4/c1-30-22-13-24(32-3)23(31-2)11-18(22)25-29-20(17-10-16(27)8-9-21(17)33-25)12-19(28-29)14-4-6-15(26)7-5-14/h4-11,13,20,25H,12H2,1-3H3/t20-,25-/m0/s1. The second-order valence-corrected chi connectivity index (χ2v) is 8.63. The topological polar surface area (TPSA) is 52.5 Å². The molecule has 0 saturated heterocycles. The lowest BCUT2D eigenvalue weighted by Crippen LogP contribution is -2.34. The lowest BCUT2D eigenvalue weighted by Gasteiger charge is -2.38. The number of benzene rings is 3. The summed E-state index contributed by atoms with van der Waals surface area (Å²) < 4.78 is 23.2. The molecule has 6 nitrogen and oxygen atoms in total. The summed E-state index contributed by atoms with van der Waals surface area (Å²) in [6.45, 7) is 0. The van der Waals surface area contributed by atoms with E-state index in [4.69, 9.17) is 47.3 Å². The van der Waals surface area contributed by atoms with Gasteiger partial charge in [0.25, 0.3) is 0 Å². The summed E-state index contributed by atoms with van der Waals surface area (Å²) in [5.74, 6) is 2.53. The molecular weight excluding hydrogens is 463 g/mol. The number of hydrogen-bond donors (Lipinski definition) is 0. The van der Waals surface area contributed by atoms with E-state index in [0.29, 0.717) is 33.7 Å². The predicted octanol–water partition coefficient (Wildman–Crippen LogP) is 6.26. The summed E-state index contributed by atoms with van der Waals surface area (Å²) in [6, 6.07) is 17.0. The second-order valence-electron chi connectivity index (χ2n) is 7.76. The van der Waals surface area contributed by atoms with Crippen molar-refractivity contribution in [1.29, 1.82) is 0 Å². The molecule has 0 aliphatic carbocycles. The Morgan fingerprint density at radius 3 is 2.18 bits per heavy atom. The van der Waals surface area contributed by atoms with Gasteiger partial charge >= 0.3 is 0 Å². The molecule has 0 radical (unpaired) electrons. The van der Waals surface area contributed by atoms with E-state index < -0.39 is 6.23 Å². The number of methoxy groups -OCH3 is 3. The third-order valence-corrected chi connectivity index (χ3v) is 6.42. The van der Waals surface area contributed by atoms with Gasteiger partial charge in [-0.3, -0.25) is 0 Å². The highest BCUT2D eigenvalue weighted by Gasteiger charge is 2.42. The van der Waals surface area contributed by atoms with Gasteiger partial charge in [0.2, 0.25) is 6.23 Å². The highest BCUT2D eigenvalue weighted by Crippen LogP contribution is 2.50. The molecule has 0 spiro atoms. The number of hydrazone groups is 1. The SMILES string of the molecule is COc1cc(OC)c([C@@H]2Oc3ccc(Cl)cc3[C@@H]3CC(c4ccc(Cl)cc4)=NN32)cc1OC. The molecule has 0 saturated carbocycles. The Labute approximate surface area is 202 Å². The van der Waals surface area contributed by atoms with Gasteiger partial charge in [-0.2, -0.15) is 5.10 Å². The summed E-state index contributed by atoms with van der Waals surface area (Å²) in [7, 11) is 4.81. The van der Waals surface area contributed by atoms with Crippen LogP contribution in [0.3, 0.4) is 0 Å². The number of nitrogens with zero attached hydrogens (tertiary/aromatic N) is 2. The van der Waals surface area contributed by atoms with Crippen molar-refractivity contribution in [3.63, 3.8) is 0 Å². The average Bonchev–Trinajstić information content (AvgIpc) is 3.29. The van der Waals surface area contributed by atoms with Crippen molar-refractivity contribution < 1.29 is 18.9 Å². The van der Waals surface area contributed by atoms with Crippen LogP contribution in [0.4, 0.5) is 0 Å². The summed E-state index contributed by atoms with van der Waals surface area (Å²) in [5.41, 5.74) is 3.72. The van der Waals surface area contributed by atoms with Crippen molar-refractivity contribution in [2.45, 2.75) is 18.7 Å². The first kappa shape index (κ1) is 21.7. The number of ether oxygens (including phenoxy) is 4. The zero-order valence-corrected chi connectivity index (χ0v) is 19.9. The predicted molar refractivity (Wildman–Crippen MR) is 128 cm³/mol. The largest absolute Gasteiger partial charge is 0.496 e. The Balaban J connectivity index is 1.64. The fraction of sp³-hybridized carbons (Fsp3) is 0.240. The van der Waals surface area contributed by atoms with Crippen LogP contribution >= 0.6 is 23.2 Å². The first-order chi connectivity index (χ1) is 16.0. The molecule has 0 amide bonds. The maximum atomic E-state index is 6.47. The van der Waals surface area contributed by atoms with Gasteiger partial charge in [0.1, 0.15) is 11.5 Å². The van der Waals surface area contributed by atoms with E-state index >= 15 is 0 Å².